The van der Waals surface area contributed by atoms with Gasteiger partial charge in [-0.05, 0) is 55.5 Å². The van der Waals surface area contributed by atoms with E-state index < -0.39 is 0 Å². The van der Waals surface area contributed by atoms with E-state index in [2.05, 4.69) is 56.6 Å². The van der Waals surface area contributed by atoms with Crippen LogP contribution in [-0.2, 0) is 11.2 Å². The number of carbonyl (C=O) groups excluding carboxylic acids is 1. The molecule has 5 rings (SSSR count). The molecule has 3 heterocycles. The van der Waals surface area contributed by atoms with Crippen molar-refractivity contribution in [2.24, 2.45) is 5.92 Å². The maximum absolute atomic E-state index is 12.9. The molecule has 1 saturated heterocycles. The van der Waals surface area contributed by atoms with Crippen LogP contribution in [0.2, 0.25) is 0 Å². The van der Waals surface area contributed by atoms with Gasteiger partial charge >= 0.3 is 0 Å². The zero-order chi connectivity index (χ0) is 22.6. The van der Waals surface area contributed by atoms with Crippen LogP contribution in [0.3, 0.4) is 0 Å². The summed E-state index contributed by atoms with van der Waals surface area (Å²) in [5.74, 6) is 0.937. The maximum atomic E-state index is 12.9. The van der Waals surface area contributed by atoms with Crippen LogP contribution < -0.4 is 10.2 Å². The average molecular weight is 440 g/mol. The number of anilines is 1. The Balaban J connectivity index is 1.18. The Kier molecular flexibility index (Phi) is 6.07. The van der Waals surface area contributed by atoms with Crippen molar-refractivity contribution in [1.29, 1.82) is 0 Å². The van der Waals surface area contributed by atoms with Gasteiger partial charge in [-0.15, -0.1) is 10.2 Å². The molecule has 0 spiro atoms. The Morgan fingerprint density at radius 1 is 1.09 bits per heavy atom. The molecule has 1 amide bonds. The number of piperidine rings is 1. The second-order valence-electron chi connectivity index (χ2n) is 8.78. The minimum Gasteiger partial charge on any atom is -0.361 e. The number of nitrogens with zero attached hydrogens (tertiary/aromatic N) is 3. The number of aromatic nitrogens is 3. The number of amides is 1. The molecule has 1 unspecified atom stereocenters. The number of nitrogens with one attached hydrogen (secondary N) is 2. The number of aromatic amines is 1. The van der Waals surface area contributed by atoms with Crippen molar-refractivity contribution in [3.8, 4) is 11.3 Å². The van der Waals surface area contributed by atoms with E-state index >= 15 is 0 Å². The number of fused-ring (bicyclic) bond motifs is 1. The van der Waals surface area contributed by atoms with Gasteiger partial charge in [-0.3, -0.25) is 4.79 Å². The molecule has 2 aromatic heterocycles. The van der Waals surface area contributed by atoms with Crippen LogP contribution in [-0.4, -0.2) is 40.7 Å². The lowest BCUT2D eigenvalue weighted by molar-refractivity contribution is -0.125. The third-order valence-electron chi connectivity index (χ3n) is 6.56. The van der Waals surface area contributed by atoms with Crippen LogP contribution in [0.4, 0.5) is 5.82 Å². The van der Waals surface area contributed by atoms with Gasteiger partial charge in [0.25, 0.3) is 0 Å². The first-order chi connectivity index (χ1) is 16.2. The molecule has 1 atom stereocenters. The van der Waals surface area contributed by atoms with Crippen LogP contribution in [0.25, 0.3) is 22.2 Å². The van der Waals surface area contributed by atoms with E-state index in [-0.39, 0.29) is 11.8 Å². The zero-order valence-corrected chi connectivity index (χ0v) is 18.9. The van der Waals surface area contributed by atoms with Gasteiger partial charge < -0.3 is 15.2 Å². The van der Waals surface area contributed by atoms with E-state index in [0.29, 0.717) is 13.1 Å². The van der Waals surface area contributed by atoms with Gasteiger partial charge in [-0.2, -0.15) is 0 Å². The van der Waals surface area contributed by atoms with Crippen molar-refractivity contribution < 1.29 is 4.79 Å². The molecule has 33 heavy (non-hydrogen) atoms. The van der Waals surface area contributed by atoms with E-state index in [0.717, 1.165) is 48.4 Å². The highest BCUT2D eigenvalue weighted by atomic mass is 16.1. The summed E-state index contributed by atoms with van der Waals surface area (Å²) in [5.41, 5.74) is 5.53. The number of aryl methyl sites for hydroxylation is 1. The van der Waals surface area contributed by atoms with Crippen molar-refractivity contribution in [2.75, 3.05) is 24.5 Å². The van der Waals surface area contributed by atoms with Gasteiger partial charge in [-0.25, -0.2) is 0 Å². The summed E-state index contributed by atoms with van der Waals surface area (Å²) in [6.07, 6.45) is 4.74. The molecule has 0 radical (unpaired) electrons. The lowest BCUT2D eigenvalue weighted by Crippen LogP contribution is -2.43. The smallest absolute Gasteiger partial charge is 0.224 e. The van der Waals surface area contributed by atoms with Crippen molar-refractivity contribution in [1.82, 2.24) is 20.5 Å². The summed E-state index contributed by atoms with van der Waals surface area (Å²) in [6, 6.07) is 20.5. The minimum atomic E-state index is -0.0282. The lowest BCUT2D eigenvalue weighted by atomic mass is 9.97. The molecule has 1 fully saturated rings. The fourth-order valence-corrected chi connectivity index (χ4v) is 4.70. The second-order valence-corrected chi connectivity index (χ2v) is 8.78. The second kappa shape index (κ2) is 9.45. The quantitative estimate of drug-likeness (QED) is 0.464. The first kappa shape index (κ1) is 21.2. The van der Waals surface area contributed by atoms with Crippen LogP contribution in [0.1, 0.15) is 24.0 Å². The van der Waals surface area contributed by atoms with Crippen molar-refractivity contribution in [2.45, 2.75) is 26.2 Å². The van der Waals surface area contributed by atoms with E-state index in [4.69, 9.17) is 0 Å². The SMILES string of the molecule is Cc1ccccc1-c1ccc(N2CCCC(C(=O)NCCc3c[nH]c4ccccc34)C2)nn1. The van der Waals surface area contributed by atoms with Gasteiger partial charge in [-0.1, -0.05) is 42.5 Å². The first-order valence-corrected chi connectivity index (χ1v) is 11.7. The molecule has 1 aliphatic heterocycles. The van der Waals surface area contributed by atoms with Crippen molar-refractivity contribution in [3.63, 3.8) is 0 Å². The molecular formula is C27H29N5O. The summed E-state index contributed by atoms with van der Waals surface area (Å²) >= 11 is 0. The molecule has 6 nitrogen and oxygen atoms in total. The summed E-state index contributed by atoms with van der Waals surface area (Å²) in [4.78, 5) is 18.3. The normalized spacial score (nSPS) is 16.2. The molecule has 1 aliphatic rings. The molecule has 168 valence electrons. The highest BCUT2D eigenvalue weighted by molar-refractivity contribution is 5.83. The van der Waals surface area contributed by atoms with Crippen molar-refractivity contribution >= 4 is 22.6 Å². The summed E-state index contributed by atoms with van der Waals surface area (Å²) < 4.78 is 0. The molecular weight excluding hydrogens is 410 g/mol. The molecule has 0 bridgehead atoms. The summed E-state index contributed by atoms with van der Waals surface area (Å²) in [7, 11) is 0. The molecule has 0 saturated carbocycles. The van der Waals surface area contributed by atoms with Gasteiger partial charge in [0, 0.05) is 42.3 Å². The largest absolute Gasteiger partial charge is 0.361 e. The van der Waals surface area contributed by atoms with E-state index in [1.807, 2.05) is 42.6 Å². The van der Waals surface area contributed by atoms with Crippen LogP contribution in [0.5, 0.6) is 0 Å². The molecule has 2 aromatic carbocycles. The summed E-state index contributed by atoms with van der Waals surface area (Å²) in [5, 5.41) is 13.3. The standard InChI is InChI=1S/C27H29N5O/c1-19-7-2-3-9-22(19)25-12-13-26(31-30-25)32-16-6-8-21(18-32)27(33)28-15-14-20-17-29-24-11-5-4-10-23(20)24/h2-5,7,9-13,17,21,29H,6,8,14-16,18H2,1H3,(H,28,33). The number of rotatable bonds is 6. The number of benzene rings is 2. The monoisotopic (exact) mass is 439 g/mol. The highest BCUT2D eigenvalue weighted by Crippen LogP contribution is 2.25. The fourth-order valence-electron chi connectivity index (χ4n) is 4.70. The van der Waals surface area contributed by atoms with Gasteiger partial charge in [0.05, 0.1) is 11.6 Å². The van der Waals surface area contributed by atoms with E-state index in [1.54, 1.807) is 0 Å². The predicted octanol–water partition coefficient (Wildman–Crippen LogP) is 4.51. The Morgan fingerprint density at radius 2 is 1.94 bits per heavy atom. The molecule has 0 aliphatic carbocycles. The number of para-hydroxylation sites is 1. The van der Waals surface area contributed by atoms with Crippen LogP contribution in [0, 0.1) is 12.8 Å². The predicted molar refractivity (Wildman–Crippen MR) is 132 cm³/mol. The van der Waals surface area contributed by atoms with Gasteiger partial charge in [0.15, 0.2) is 5.82 Å². The molecule has 2 N–H and O–H groups in total. The van der Waals surface area contributed by atoms with Crippen LogP contribution in [0.15, 0.2) is 66.9 Å². The van der Waals surface area contributed by atoms with E-state index in [9.17, 15) is 4.79 Å². The topological polar surface area (TPSA) is 73.9 Å². The molecule has 4 aromatic rings. The van der Waals surface area contributed by atoms with Gasteiger partial charge in [0.1, 0.15) is 0 Å². The molecule has 6 heteroatoms. The van der Waals surface area contributed by atoms with Crippen LogP contribution >= 0.6 is 0 Å². The average Bonchev–Trinajstić information content (AvgIpc) is 3.28. The third kappa shape index (κ3) is 4.60. The maximum Gasteiger partial charge on any atom is 0.224 e. The minimum absolute atomic E-state index is 0.0282. The Bertz CT molecular complexity index is 1250. The Morgan fingerprint density at radius 3 is 2.79 bits per heavy atom. The lowest BCUT2D eigenvalue weighted by Gasteiger charge is -2.32. The Hall–Kier alpha value is -3.67. The summed E-state index contributed by atoms with van der Waals surface area (Å²) in [6.45, 7) is 4.30. The zero-order valence-electron chi connectivity index (χ0n) is 18.9. The number of carbonyl (C=O) groups is 1. The Labute approximate surface area is 194 Å². The van der Waals surface area contributed by atoms with E-state index in [1.165, 1.54) is 16.5 Å². The first-order valence-electron chi connectivity index (χ1n) is 11.7. The number of hydrogen-bond acceptors (Lipinski definition) is 4. The number of hydrogen-bond donors (Lipinski definition) is 2. The third-order valence-corrected chi connectivity index (χ3v) is 6.56. The number of H-pyrrole nitrogens is 1. The highest BCUT2D eigenvalue weighted by Gasteiger charge is 2.26. The fraction of sp³-hybridized carbons (Fsp3) is 0.296. The van der Waals surface area contributed by atoms with Crippen molar-refractivity contribution in [3.05, 3.63) is 78.0 Å². The van der Waals surface area contributed by atoms with Gasteiger partial charge in [0.2, 0.25) is 5.91 Å².